The van der Waals surface area contributed by atoms with Gasteiger partial charge in [-0.15, -0.1) is 0 Å². The van der Waals surface area contributed by atoms with Crippen molar-refractivity contribution in [1.29, 1.82) is 0 Å². The average molecular weight is 274 g/mol. The quantitative estimate of drug-likeness (QED) is 0.800. The summed E-state index contributed by atoms with van der Waals surface area (Å²) >= 11 is 1.60. The standard InChI is InChI=1S/C11H18N2O2S2/c1-8(7-16-3)13-17(14,15)11-6-4-5-10(12)9(11)2/h4-6,8,13H,7,12H2,1-3H3. The maximum atomic E-state index is 12.1. The van der Waals surface area contributed by atoms with Gasteiger partial charge < -0.3 is 5.73 Å². The second-order valence-electron chi connectivity index (χ2n) is 3.95. The maximum absolute atomic E-state index is 12.1. The molecule has 1 aromatic carbocycles. The maximum Gasteiger partial charge on any atom is 0.241 e. The highest BCUT2D eigenvalue weighted by molar-refractivity contribution is 7.98. The molecule has 4 nitrogen and oxygen atoms in total. The molecule has 0 aliphatic rings. The molecule has 0 bridgehead atoms. The van der Waals surface area contributed by atoms with Crippen LogP contribution in [0.2, 0.25) is 0 Å². The molecule has 0 aromatic heterocycles. The highest BCUT2D eigenvalue weighted by Crippen LogP contribution is 2.20. The zero-order valence-corrected chi connectivity index (χ0v) is 11.9. The third-order valence-corrected chi connectivity index (χ3v) is 4.96. The Hall–Kier alpha value is -0.720. The predicted molar refractivity (Wildman–Crippen MR) is 73.8 cm³/mol. The molecule has 0 aliphatic carbocycles. The number of nitrogen functional groups attached to an aromatic ring is 1. The van der Waals surface area contributed by atoms with E-state index in [9.17, 15) is 8.42 Å². The lowest BCUT2D eigenvalue weighted by Crippen LogP contribution is -2.34. The molecule has 96 valence electrons. The van der Waals surface area contributed by atoms with Crippen LogP contribution < -0.4 is 10.5 Å². The van der Waals surface area contributed by atoms with Crippen LogP contribution in [0.25, 0.3) is 0 Å². The zero-order valence-electron chi connectivity index (χ0n) is 10.2. The lowest BCUT2D eigenvalue weighted by atomic mass is 10.2. The number of anilines is 1. The van der Waals surface area contributed by atoms with E-state index in [1.807, 2.05) is 13.2 Å². The van der Waals surface area contributed by atoms with E-state index in [4.69, 9.17) is 5.73 Å². The number of sulfonamides is 1. The van der Waals surface area contributed by atoms with Crippen molar-refractivity contribution in [3.63, 3.8) is 0 Å². The van der Waals surface area contributed by atoms with Crippen LogP contribution >= 0.6 is 11.8 Å². The number of hydrogen-bond acceptors (Lipinski definition) is 4. The van der Waals surface area contributed by atoms with Gasteiger partial charge in [0.15, 0.2) is 0 Å². The van der Waals surface area contributed by atoms with Crippen molar-refractivity contribution < 1.29 is 8.42 Å². The molecule has 1 rings (SSSR count). The lowest BCUT2D eigenvalue weighted by Gasteiger charge is -2.15. The predicted octanol–water partition coefficient (Wildman–Crippen LogP) is 1.61. The van der Waals surface area contributed by atoms with Crippen molar-refractivity contribution >= 4 is 27.5 Å². The second kappa shape index (κ2) is 5.75. The van der Waals surface area contributed by atoms with Gasteiger partial charge >= 0.3 is 0 Å². The summed E-state index contributed by atoms with van der Waals surface area (Å²) < 4.78 is 26.9. The van der Waals surface area contributed by atoms with Crippen molar-refractivity contribution in [2.24, 2.45) is 0 Å². The monoisotopic (exact) mass is 274 g/mol. The van der Waals surface area contributed by atoms with Crippen LogP contribution in [0.4, 0.5) is 5.69 Å². The van der Waals surface area contributed by atoms with Crippen LogP contribution in [-0.2, 0) is 10.0 Å². The summed E-state index contributed by atoms with van der Waals surface area (Å²) in [5.41, 5.74) is 6.80. The van der Waals surface area contributed by atoms with Crippen molar-refractivity contribution in [3.05, 3.63) is 23.8 Å². The average Bonchev–Trinajstić information content (AvgIpc) is 2.21. The summed E-state index contributed by atoms with van der Waals surface area (Å²) in [6.07, 6.45) is 1.94. The van der Waals surface area contributed by atoms with Gasteiger partial charge in [-0.3, -0.25) is 0 Å². The Kier molecular flexibility index (Phi) is 4.85. The zero-order chi connectivity index (χ0) is 13.1. The summed E-state index contributed by atoms with van der Waals surface area (Å²) in [6, 6.07) is 4.81. The molecule has 0 spiro atoms. The molecule has 6 heteroatoms. The minimum Gasteiger partial charge on any atom is -0.398 e. The SMILES string of the molecule is CSCC(C)NS(=O)(=O)c1cccc(N)c1C. The van der Waals surface area contributed by atoms with E-state index in [-0.39, 0.29) is 10.9 Å². The third-order valence-electron chi connectivity index (χ3n) is 2.39. The summed E-state index contributed by atoms with van der Waals surface area (Å²) in [7, 11) is -3.48. The molecule has 0 saturated heterocycles. The van der Waals surface area contributed by atoms with E-state index in [1.165, 1.54) is 0 Å². The van der Waals surface area contributed by atoms with Gasteiger partial charge in [0, 0.05) is 17.5 Å². The first kappa shape index (κ1) is 14.3. The Balaban J connectivity index is 3.02. The molecule has 0 heterocycles. The highest BCUT2D eigenvalue weighted by atomic mass is 32.2. The van der Waals surface area contributed by atoms with Gasteiger partial charge in [-0.05, 0) is 37.8 Å². The largest absolute Gasteiger partial charge is 0.398 e. The molecule has 1 aromatic rings. The van der Waals surface area contributed by atoms with Crippen LogP contribution in [-0.4, -0.2) is 26.5 Å². The number of hydrogen-bond donors (Lipinski definition) is 2. The van der Waals surface area contributed by atoms with Crippen molar-refractivity contribution in [2.45, 2.75) is 24.8 Å². The van der Waals surface area contributed by atoms with E-state index >= 15 is 0 Å². The normalized spacial score (nSPS) is 13.6. The minimum absolute atomic E-state index is 0.101. The summed E-state index contributed by atoms with van der Waals surface area (Å²) in [4.78, 5) is 0.255. The molecule has 17 heavy (non-hydrogen) atoms. The van der Waals surface area contributed by atoms with Gasteiger partial charge in [0.1, 0.15) is 0 Å². The van der Waals surface area contributed by atoms with Crippen LogP contribution in [0.15, 0.2) is 23.1 Å². The molecule has 1 unspecified atom stereocenters. The first-order valence-corrected chi connectivity index (χ1v) is 8.12. The number of rotatable bonds is 5. The Morgan fingerprint density at radius 2 is 2.12 bits per heavy atom. The van der Waals surface area contributed by atoms with Gasteiger partial charge in [0.25, 0.3) is 0 Å². The van der Waals surface area contributed by atoms with E-state index < -0.39 is 10.0 Å². The van der Waals surface area contributed by atoms with Crippen molar-refractivity contribution in [3.8, 4) is 0 Å². The van der Waals surface area contributed by atoms with Crippen molar-refractivity contribution in [2.75, 3.05) is 17.7 Å². The molecule has 0 fully saturated rings. The number of benzene rings is 1. The number of thioether (sulfide) groups is 1. The molecular weight excluding hydrogens is 256 g/mol. The van der Waals surface area contributed by atoms with Gasteiger partial charge in [-0.1, -0.05) is 6.07 Å². The topological polar surface area (TPSA) is 72.2 Å². The first-order chi connectivity index (χ1) is 7.88. The fraction of sp³-hybridized carbons (Fsp3) is 0.455. The Bertz CT molecular complexity index is 486. The van der Waals surface area contributed by atoms with E-state index in [1.54, 1.807) is 36.9 Å². The smallest absolute Gasteiger partial charge is 0.241 e. The number of nitrogens with two attached hydrogens (primary N) is 1. The van der Waals surface area contributed by atoms with E-state index in [2.05, 4.69) is 4.72 Å². The van der Waals surface area contributed by atoms with Crippen LogP contribution in [0.3, 0.4) is 0 Å². The van der Waals surface area contributed by atoms with Gasteiger partial charge in [-0.2, -0.15) is 11.8 Å². The van der Waals surface area contributed by atoms with Gasteiger partial charge in [0.05, 0.1) is 4.90 Å². The molecular formula is C11H18N2O2S2. The summed E-state index contributed by atoms with van der Waals surface area (Å²) in [5, 5.41) is 0. The van der Waals surface area contributed by atoms with Crippen molar-refractivity contribution in [1.82, 2.24) is 4.72 Å². The van der Waals surface area contributed by atoms with E-state index in [0.29, 0.717) is 11.3 Å². The Morgan fingerprint density at radius 1 is 1.47 bits per heavy atom. The number of nitrogens with one attached hydrogen (secondary N) is 1. The fourth-order valence-electron chi connectivity index (χ4n) is 1.53. The highest BCUT2D eigenvalue weighted by Gasteiger charge is 2.19. The van der Waals surface area contributed by atoms with Gasteiger partial charge in [0.2, 0.25) is 10.0 Å². The molecule has 0 radical (unpaired) electrons. The second-order valence-corrected chi connectivity index (χ2v) is 6.54. The third kappa shape index (κ3) is 3.62. The molecule has 0 saturated carbocycles. The Labute approximate surface area is 107 Å². The summed E-state index contributed by atoms with van der Waals surface area (Å²) in [5.74, 6) is 0.737. The molecule has 0 amide bonds. The molecule has 1 atom stereocenters. The van der Waals surface area contributed by atoms with E-state index in [0.717, 1.165) is 5.75 Å². The summed E-state index contributed by atoms with van der Waals surface area (Å²) in [6.45, 7) is 3.55. The Morgan fingerprint density at radius 3 is 2.71 bits per heavy atom. The first-order valence-electron chi connectivity index (χ1n) is 5.25. The molecule has 0 aliphatic heterocycles. The van der Waals surface area contributed by atoms with Crippen LogP contribution in [0.5, 0.6) is 0 Å². The minimum atomic E-state index is -3.48. The van der Waals surface area contributed by atoms with Crippen LogP contribution in [0, 0.1) is 6.92 Å². The van der Waals surface area contributed by atoms with Crippen LogP contribution in [0.1, 0.15) is 12.5 Å². The fourth-order valence-corrected chi connectivity index (χ4v) is 3.74. The molecule has 3 N–H and O–H groups in total. The van der Waals surface area contributed by atoms with Gasteiger partial charge in [-0.25, -0.2) is 13.1 Å². The lowest BCUT2D eigenvalue weighted by molar-refractivity contribution is 0.570.